The summed E-state index contributed by atoms with van der Waals surface area (Å²) in [7, 11) is -2.10. The van der Waals surface area contributed by atoms with Crippen molar-refractivity contribution >= 4 is 43.2 Å². The number of rotatable bonds is 4. The Balaban J connectivity index is 2.54. The molecule has 0 aromatic heterocycles. The van der Waals surface area contributed by atoms with Gasteiger partial charge in [-0.25, -0.2) is 8.42 Å². The molecule has 0 aliphatic carbocycles. The molecule has 6 heteroatoms. The maximum atomic E-state index is 12.8. The van der Waals surface area contributed by atoms with Crippen molar-refractivity contribution < 1.29 is 8.42 Å². The number of aryl methyl sites for hydroxylation is 1. The van der Waals surface area contributed by atoms with E-state index < -0.39 is 10.0 Å². The maximum absolute atomic E-state index is 12.8. The summed E-state index contributed by atoms with van der Waals surface area (Å²) in [4.78, 5) is 0.214. The Kier molecular flexibility index (Phi) is 4.96. The summed E-state index contributed by atoms with van der Waals surface area (Å²) in [6.07, 6.45) is 0. The van der Waals surface area contributed by atoms with Crippen LogP contribution in [0.4, 0.5) is 5.69 Å². The highest BCUT2D eigenvalue weighted by atomic mass is 79.9. The smallest absolute Gasteiger partial charge is 0.265 e. The molecule has 0 saturated heterocycles. The largest absolute Gasteiger partial charge is 0.269 e. The van der Waals surface area contributed by atoms with E-state index in [1.54, 1.807) is 31.3 Å². The van der Waals surface area contributed by atoms with Gasteiger partial charge in [-0.3, -0.25) is 4.31 Å². The third kappa shape index (κ3) is 3.25. The number of hydrogen-bond acceptors (Lipinski definition) is 2. The molecule has 2 aromatic rings. The average molecular weight is 389 g/mol. The molecular formula is C15H15BrClNO2S. The van der Waals surface area contributed by atoms with Crippen molar-refractivity contribution in [1.29, 1.82) is 0 Å². The van der Waals surface area contributed by atoms with Crippen molar-refractivity contribution in [2.24, 2.45) is 0 Å². The second kappa shape index (κ2) is 6.38. The Labute approximate surface area is 138 Å². The molecule has 0 radical (unpaired) electrons. The first-order valence-corrected chi connectivity index (χ1v) is 9.03. The molecule has 0 bridgehead atoms. The molecule has 0 heterocycles. The van der Waals surface area contributed by atoms with E-state index in [4.69, 9.17) is 11.6 Å². The summed E-state index contributed by atoms with van der Waals surface area (Å²) in [5.41, 5.74) is 2.31. The second-order valence-electron chi connectivity index (χ2n) is 4.66. The van der Waals surface area contributed by atoms with E-state index in [1.807, 2.05) is 25.1 Å². The van der Waals surface area contributed by atoms with Crippen molar-refractivity contribution in [3.8, 4) is 0 Å². The molecule has 0 spiro atoms. The van der Waals surface area contributed by atoms with Gasteiger partial charge in [0.05, 0.1) is 5.69 Å². The molecule has 2 rings (SSSR count). The Morgan fingerprint density at radius 2 is 1.86 bits per heavy atom. The van der Waals surface area contributed by atoms with E-state index >= 15 is 0 Å². The number of para-hydroxylation sites is 1. The lowest BCUT2D eigenvalue weighted by molar-refractivity contribution is 0.593. The fourth-order valence-electron chi connectivity index (χ4n) is 2.02. The van der Waals surface area contributed by atoms with Gasteiger partial charge < -0.3 is 0 Å². The molecule has 3 nitrogen and oxygen atoms in total. The molecule has 2 aromatic carbocycles. The van der Waals surface area contributed by atoms with Gasteiger partial charge in [-0.2, -0.15) is 0 Å². The Morgan fingerprint density at radius 1 is 1.19 bits per heavy atom. The van der Waals surface area contributed by atoms with Crippen molar-refractivity contribution in [2.75, 3.05) is 11.4 Å². The quantitative estimate of drug-likeness (QED) is 0.731. The monoisotopic (exact) mass is 387 g/mol. The van der Waals surface area contributed by atoms with Crippen LogP contribution in [0.3, 0.4) is 0 Å². The molecule has 0 aliphatic heterocycles. The molecule has 0 saturated carbocycles. The van der Waals surface area contributed by atoms with Crippen LogP contribution in [0.15, 0.2) is 51.8 Å². The molecule has 0 fully saturated rings. The van der Waals surface area contributed by atoms with E-state index in [0.29, 0.717) is 10.2 Å². The van der Waals surface area contributed by atoms with E-state index in [1.165, 1.54) is 4.31 Å². The first-order chi connectivity index (χ1) is 9.87. The van der Waals surface area contributed by atoms with Gasteiger partial charge in [0.15, 0.2) is 0 Å². The summed E-state index contributed by atoms with van der Waals surface area (Å²) >= 11 is 9.11. The van der Waals surface area contributed by atoms with Crippen molar-refractivity contribution in [1.82, 2.24) is 0 Å². The number of hydrogen-bond donors (Lipinski definition) is 0. The average Bonchev–Trinajstić information content (AvgIpc) is 2.47. The summed E-state index contributed by atoms with van der Waals surface area (Å²) in [5.74, 6) is 0.268. The Hall–Kier alpha value is -1.04. The second-order valence-corrected chi connectivity index (χ2v) is 7.72. The number of sulfonamides is 1. The molecular weight excluding hydrogens is 374 g/mol. The zero-order chi connectivity index (χ0) is 15.6. The highest BCUT2D eigenvalue weighted by Crippen LogP contribution is 2.30. The first-order valence-electron chi connectivity index (χ1n) is 6.27. The van der Waals surface area contributed by atoms with Crippen molar-refractivity contribution in [3.63, 3.8) is 0 Å². The SMILES string of the molecule is Cc1ccccc1N(C)S(=O)(=O)c1cc(CCl)ccc1Br. The molecule has 0 N–H and O–H groups in total. The normalized spacial score (nSPS) is 11.4. The van der Waals surface area contributed by atoms with Crippen LogP contribution in [-0.4, -0.2) is 15.5 Å². The number of benzene rings is 2. The lowest BCUT2D eigenvalue weighted by atomic mass is 10.2. The minimum atomic E-state index is -3.65. The van der Waals surface area contributed by atoms with E-state index in [9.17, 15) is 8.42 Å². The standard InChI is InChI=1S/C15H15BrClNO2S/c1-11-5-3-4-6-14(11)18(2)21(19,20)15-9-12(10-17)7-8-13(15)16/h3-9H,10H2,1-2H3. The molecule has 0 amide bonds. The van der Waals surface area contributed by atoms with Gasteiger partial charge in [-0.05, 0) is 52.2 Å². The molecule has 112 valence electrons. The van der Waals surface area contributed by atoms with Gasteiger partial charge in [0.2, 0.25) is 0 Å². The van der Waals surface area contributed by atoms with Crippen molar-refractivity contribution in [3.05, 3.63) is 58.1 Å². The molecule has 0 aliphatic rings. The minimum absolute atomic E-state index is 0.214. The van der Waals surface area contributed by atoms with Crippen LogP contribution in [0.1, 0.15) is 11.1 Å². The van der Waals surface area contributed by atoms with Gasteiger partial charge in [0.1, 0.15) is 4.90 Å². The van der Waals surface area contributed by atoms with E-state index in [0.717, 1.165) is 11.1 Å². The Bertz CT molecular complexity index is 762. The van der Waals surface area contributed by atoms with Crippen LogP contribution in [0.25, 0.3) is 0 Å². The topological polar surface area (TPSA) is 37.4 Å². The lowest BCUT2D eigenvalue weighted by Crippen LogP contribution is -2.27. The Morgan fingerprint density at radius 3 is 2.48 bits per heavy atom. The molecule has 0 unspecified atom stereocenters. The fraction of sp³-hybridized carbons (Fsp3) is 0.200. The molecule has 0 atom stereocenters. The van der Waals surface area contributed by atoms with Gasteiger partial charge in [0, 0.05) is 17.4 Å². The minimum Gasteiger partial charge on any atom is -0.269 e. The summed E-state index contributed by atoms with van der Waals surface area (Å²) in [6.45, 7) is 1.88. The number of nitrogens with zero attached hydrogens (tertiary/aromatic N) is 1. The van der Waals surface area contributed by atoms with Crippen LogP contribution < -0.4 is 4.31 Å². The highest BCUT2D eigenvalue weighted by molar-refractivity contribution is 9.10. The van der Waals surface area contributed by atoms with Crippen LogP contribution in [0.5, 0.6) is 0 Å². The third-order valence-electron chi connectivity index (χ3n) is 3.24. The molecule has 21 heavy (non-hydrogen) atoms. The highest BCUT2D eigenvalue weighted by Gasteiger charge is 2.25. The summed E-state index contributed by atoms with van der Waals surface area (Å²) in [5, 5.41) is 0. The lowest BCUT2D eigenvalue weighted by Gasteiger charge is -2.22. The van der Waals surface area contributed by atoms with E-state index in [2.05, 4.69) is 15.9 Å². The van der Waals surface area contributed by atoms with Crippen molar-refractivity contribution in [2.45, 2.75) is 17.7 Å². The van der Waals surface area contributed by atoms with Crippen LogP contribution in [-0.2, 0) is 15.9 Å². The first kappa shape index (κ1) is 16.3. The van der Waals surface area contributed by atoms with Gasteiger partial charge >= 0.3 is 0 Å². The number of anilines is 1. The third-order valence-corrected chi connectivity index (χ3v) is 6.32. The zero-order valence-electron chi connectivity index (χ0n) is 11.7. The van der Waals surface area contributed by atoms with Gasteiger partial charge in [0.25, 0.3) is 10.0 Å². The van der Waals surface area contributed by atoms with Crippen LogP contribution in [0.2, 0.25) is 0 Å². The van der Waals surface area contributed by atoms with Crippen LogP contribution in [0, 0.1) is 6.92 Å². The fourth-order valence-corrected chi connectivity index (χ4v) is 4.42. The predicted octanol–water partition coefficient (Wildman–Crippen LogP) is 4.32. The number of halogens is 2. The van der Waals surface area contributed by atoms with Gasteiger partial charge in [-0.1, -0.05) is 24.3 Å². The zero-order valence-corrected chi connectivity index (χ0v) is 14.8. The predicted molar refractivity (Wildman–Crippen MR) is 90.5 cm³/mol. The number of alkyl halides is 1. The van der Waals surface area contributed by atoms with Gasteiger partial charge in [-0.15, -0.1) is 11.6 Å². The summed E-state index contributed by atoms with van der Waals surface area (Å²) < 4.78 is 27.5. The maximum Gasteiger partial charge on any atom is 0.265 e. The van der Waals surface area contributed by atoms with E-state index in [-0.39, 0.29) is 10.8 Å². The summed E-state index contributed by atoms with van der Waals surface area (Å²) in [6, 6.07) is 12.5. The van der Waals surface area contributed by atoms with Crippen LogP contribution >= 0.6 is 27.5 Å².